The number of rotatable bonds is 7. The first-order chi connectivity index (χ1) is 19.6. The average Bonchev–Trinajstić information content (AvgIpc) is 3.31. The highest BCUT2D eigenvalue weighted by Crippen LogP contribution is 2.63. The molecule has 2 saturated carbocycles. The summed E-state index contributed by atoms with van der Waals surface area (Å²) in [6.45, 7) is 8.92. The van der Waals surface area contributed by atoms with Crippen LogP contribution < -0.4 is 5.32 Å². The van der Waals surface area contributed by atoms with Gasteiger partial charge in [0.2, 0.25) is 0 Å². The summed E-state index contributed by atoms with van der Waals surface area (Å²) in [6, 6.07) is 16.4. The number of aromatic amines is 2. The van der Waals surface area contributed by atoms with Crippen LogP contribution in [0.1, 0.15) is 64.5 Å². The van der Waals surface area contributed by atoms with Gasteiger partial charge < -0.3 is 15.3 Å². The molecule has 5 aromatic rings. The van der Waals surface area contributed by atoms with Crippen LogP contribution in [0.2, 0.25) is 0 Å². The average molecular weight is 536 g/mol. The van der Waals surface area contributed by atoms with Crippen LogP contribution in [0.3, 0.4) is 0 Å². The summed E-state index contributed by atoms with van der Waals surface area (Å²) in [7, 11) is 0. The van der Waals surface area contributed by atoms with E-state index in [0.717, 1.165) is 62.8 Å². The van der Waals surface area contributed by atoms with Crippen molar-refractivity contribution < 1.29 is 4.39 Å². The lowest BCUT2D eigenvalue weighted by Crippen LogP contribution is -2.24. The highest BCUT2D eigenvalue weighted by molar-refractivity contribution is 6.05. The van der Waals surface area contributed by atoms with Gasteiger partial charge in [0.05, 0.1) is 29.5 Å². The first-order valence-corrected chi connectivity index (χ1v) is 14.4. The Morgan fingerprint density at radius 2 is 1.80 bits per heavy atom. The van der Waals surface area contributed by atoms with Crippen molar-refractivity contribution >= 4 is 21.8 Å². The van der Waals surface area contributed by atoms with Gasteiger partial charge in [0.15, 0.2) is 0 Å². The molecule has 2 aromatic heterocycles. The van der Waals surface area contributed by atoms with Gasteiger partial charge in [-0.05, 0) is 78.8 Å². The number of hydrogen-bond acceptors (Lipinski definition) is 3. The van der Waals surface area contributed by atoms with E-state index in [9.17, 15) is 0 Å². The Balaban J connectivity index is 0.000000774. The molecular formula is C34H38FN5. The summed E-state index contributed by atoms with van der Waals surface area (Å²) in [5, 5.41) is 5.66. The molecule has 0 bridgehead atoms. The first-order valence-electron chi connectivity index (χ1n) is 14.4. The fourth-order valence-electron chi connectivity index (χ4n) is 5.75. The number of benzene rings is 3. The van der Waals surface area contributed by atoms with Crippen LogP contribution >= 0.6 is 0 Å². The molecule has 0 amide bonds. The first kappa shape index (κ1) is 27.6. The zero-order chi connectivity index (χ0) is 28.4. The van der Waals surface area contributed by atoms with Crippen molar-refractivity contribution in [3.05, 3.63) is 72.2 Å². The third-order valence-corrected chi connectivity index (χ3v) is 8.34. The van der Waals surface area contributed by atoms with Crippen molar-refractivity contribution in [2.45, 2.75) is 65.5 Å². The number of halogens is 1. The van der Waals surface area contributed by atoms with Gasteiger partial charge in [0.25, 0.3) is 0 Å². The second-order valence-electron chi connectivity index (χ2n) is 10.6. The molecule has 5 nitrogen and oxygen atoms in total. The Hall–Kier alpha value is -3.95. The van der Waals surface area contributed by atoms with Crippen molar-refractivity contribution in [3.63, 3.8) is 0 Å². The SMILES string of the molecule is C#C.CC.CCC(C)NCc1ncc(-c2ccc(-c3ccc4c(ccc5[nH]c([C@@H]6C[C@H]7CC76)nc54)c3)cc2F)[nH]1. The van der Waals surface area contributed by atoms with Gasteiger partial charge in [-0.25, -0.2) is 14.4 Å². The zero-order valence-corrected chi connectivity index (χ0v) is 23.8. The van der Waals surface area contributed by atoms with E-state index in [1.165, 1.54) is 12.8 Å². The van der Waals surface area contributed by atoms with Crippen LogP contribution in [0, 0.1) is 30.5 Å². The van der Waals surface area contributed by atoms with E-state index in [1.807, 2.05) is 26.0 Å². The molecule has 2 fully saturated rings. The molecule has 0 radical (unpaired) electrons. The molecular weight excluding hydrogens is 497 g/mol. The Bertz CT molecular complexity index is 1640. The normalized spacial score (nSPS) is 19.5. The highest BCUT2D eigenvalue weighted by atomic mass is 19.1. The summed E-state index contributed by atoms with van der Waals surface area (Å²) in [4.78, 5) is 16.2. The maximum absolute atomic E-state index is 15.2. The van der Waals surface area contributed by atoms with Crippen molar-refractivity contribution in [2.75, 3.05) is 0 Å². The third kappa shape index (κ3) is 5.14. The Kier molecular flexibility index (Phi) is 8.04. The number of H-pyrrole nitrogens is 2. The van der Waals surface area contributed by atoms with Gasteiger partial charge in [-0.1, -0.05) is 45.0 Å². The maximum Gasteiger partial charge on any atom is 0.133 e. The van der Waals surface area contributed by atoms with E-state index in [1.54, 1.807) is 12.3 Å². The van der Waals surface area contributed by atoms with Gasteiger partial charge in [-0.15, -0.1) is 12.8 Å². The molecule has 2 aliphatic rings. The van der Waals surface area contributed by atoms with Crippen LogP contribution in [-0.2, 0) is 6.54 Å². The quantitative estimate of drug-likeness (QED) is 0.184. The topological polar surface area (TPSA) is 69.4 Å². The van der Waals surface area contributed by atoms with Crippen molar-refractivity contribution in [2.24, 2.45) is 11.8 Å². The molecule has 0 saturated heterocycles. The lowest BCUT2D eigenvalue weighted by Gasteiger charge is -2.21. The minimum atomic E-state index is -0.260. The summed E-state index contributed by atoms with van der Waals surface area (Å²) < 4.78 is 15.2. The number of nitrogens with zero attached hydrogens (tertiary/aromatic N) is 2. The lowest BCUT2D eigenvalue weighted by atomic mass is 9.85. The fraction of sp³-hybridized carbons (Fsp3) is 0.353. The van der Waals surface area contributed by atoms with Crippen LogP contribution in [-0.4, -0.2) is 26.0 Å². The minimum absolute atomic E-state index is 0.260. The largest absolute Gasteiger partial charge is 0.342 e. The molecule has 3 N–H and O–H groups in total. The van der Waals surface area contributed by atoms with E-state index in [2.05, 4.69) is 77.3 Å². The van der Waals surface area contributed by atoms with E-state index >= 15 is 4.39 Å². The van der Waals surface area contributed by atoms with Crippen LogP contribution in [0.4, 0.5) is 4.39 Å². The van der Waals surface area contributed by atoms with Crippen molar-refractivity contribution in [3.8, 4) is 35.2 Å². The highest BCUT2D eigenvalue weighted by Gasteiger charge is 2.54. The summed E-state index contributed by atoms with van der Waals surface area (Å²) in [5.74, 6) is 4.12. The lowest BCUT2D eigenvalue weighted by molar-refractivity contribution is 0.374. The Morgan fingerprint density at radius 1 is 1.02 bits per heavy atom. The Labute approximate surface area is 236 Å². The minimum Gasteiger partial charge on any atom is -0.342 e. The van der Waals surface area contributed by atoms with Gasteiger partial charge >= 0.3 is 0 Å². The Morgan fingerprint density at radius 3 is 2.50 bits per heavy atom. The van der Waals surface area contributed by atoms with Crippen molar-refractivity contribution in [1.29, 1.82) is 0 Å². The number of aromatic nitrogens is 4. The summed E-state index contributed by atoms with van der Waals surface area (Å²) >= 11 is 0. The number of hydrogen-bond donors (Lipinski definition) is 3. The van der Waals surface area contributed by atoms with Crippen LogP contribution in [0.5, 0.6) is 0 Å². The van der Waals surface area contributed by atoms with Crippen molar-refractivity contribution in [1.82, 2.24) is 25.3 Å². The molecule has 3 aromatic carbocycles. The monoisotopic (exact) mass is 535 g/mol. The summed E-state index contributed by atoms with van der Waals surface area (Å²) in [5.41, 5.74) is 5.21. The fourth-order valence-corrected chi connectivity index (χ4v) is 5.75. The second kappa shape index (κ2) is 11.7. The number of imidazole rings is 2. The molecule has 0 aliphatic heterocycles. The predicted octanol–water partition coefficient (Wildman–Crippen LogP) is 8.20. The maximum atomic E-state index is 15.2. The van der Waals surface area contributed by atoms with E-state index in [4.69, 9.17) is 4.98 Å². The number of fused-ring (bicyclic) bond motifs is 4. The predicted molar refractivity (Wildman–Crippen MR) is 163 cm³/mol. The smallest absolute Gasteiger partial charge is 0.133 e. The molecule has 206 valence electrons. The van der Waals surface area contributed by atoms with Crippen LogP contribution in [0.15, 0.2) is 54.7 Å². The molecule has 2 heterocycles. The zero-order valence-electron chi connectivity index (χ0n) is 23.8. The molecule has 40 heavy (non-hydrogen) atoms. The molecule has 0 spiro atoms. The number of nitrogens with one attached hydrogen (secondary N) is 3. The molecule has 2 unspecified atom stereocenters. The van der Waals surface area contributed by atoms with Gasteiger partial charge in [0.1, 0.15) is 17.5 Å². The van der Waals surface area contributed by atoms with Gasteiger partial charge in [0, 0.05) is 22.9 Å². The van der Waals surface area contributed by atoms with E-state index < -0.39 is 0 Å². The standard InChI is InChI=1S/C30H30FN5.C2H6.C2H2/c1-3-16(2)32-15-28-33-14-27(34-28)22-8-5-18(13-25(22)31)17-4-7-21-19(10-17)6-9-26-29(21)36-30(35-26)24-12-20-11-23(20)24;2*1-2/h4-10,13-14,16,20,23-24,32H,3,11-12,15H2,1-2H3,(H,33,34)(H,35,36);1-2H3;1-2H/t16?,20-,23?,24-;;/m1../s1. The molecule has 2 aliphatic carbocycles. The molecule has 4 atom stereocenters. The van der Waals surface area contributed by atoms with E-state index in [0.29, 0.717) is 29.8 Å². The molecule has 7 rings (SSSR count). The van der Waals surface area contributed by atoms with Crippen LogP contribution in [0.25, 0.3) is 44.2 Å². The summed E-state index contributed by atoms with van der Waals surface area (Å²) in [6.07, 6.45) is 13.4. The number of terminal acetylenes is 1. The third-order valence-electron chi connectivity index (χ3n) is 8.34. The van der Waals surface area contributed by atoms with E-state index in [-0.39, 0.29) is 5.82 Å². The second-order valence-corrected chi connectivity index (χ2v) is 10.6. The van der Waals surface area contributed by atoms with Gasteiger partial charge in [-0.3, -0.25) is 0 Å². The van der Waals surface area contributed by atoms with Gasteiger partial charge in [-0.2, -0.15) is 0 Å². The molecule has 6 heteroatoms.